The summed E-state index contributed by atoms with van der Waals surface area (Å²) >= 11 is 0. The lowest BCUT2D eigenvalue weighted by atomic mass is 10.0. The molecule has 0 atom stereocenters. The fourth-order valence-electron chi connectivity index (χ4n) is 3.80. The SMILES string of the molecule is CNC(=O)c1cc2c(NC3CCNCC3)cccc2nc1Cc1ccccc1. The van der Waals surface area contributed by atoms with Gasteiger partial charge in [-0.05, 0) is 49.7 Å². The Morgan fingerprint density at radius 3 is 2.64 bits per heavy atom. The fourth-order valence-corrected chi connectivity index (χ4v) is 3.80. The first-order chi connectivity index (χ1) is 13.7. The van der Waals surface area contributed by atoms with Gasteiger partial charge in [0.1, 0.15) is 0 Å². The van der Waals surface area contributed by atoms with Crippen LogP contribution in [-0.4, -0.2) is 37.1 Å². The van der Waals surface area contributed by atoms with E-state index in [0.717, 1.165) is 53.8 Å². The molecule has 0 aliphatic carbocycles. The molecule has 1 aliphatic heterocycles. The second-order valence-corrected chi connectivity index (χ2v) is 7.26. The molecular formula is C23H26N4O. The van der Waals surface area contributed by atoms with Crippen molar-refractivity contribution in [2.45, 2.75) is 25.3 Å². The van der Waals surface area contributed by atoms with E-state index in [1.807, 2.05) is 36.4 Å². The average molecular weight is 374 g/mol. The smallest absolute Gasteiger partial charge is 0.252 e. The Hall–Kier alpha value is -2.92. The Morgan fingerprint density at radius 2 is 1.89 bits per heavy atom. The van der Waals surface area contributed by atoms with Crippen molar-refractivity contribution in [3.05, 3.63) is 71.4 Å². The number of rotatable bonds is 5. The van der Waals surface area contributed by atoms with Gasteiger partial charge in [0, 0.05) is 30.6 Å². The molecule has 4 rings (SSSR count). The van der Waals surface area contributed by atoms with Crippen molar-refractivity contribution in [1.82, 2.24) is 15.6 Å². The third-order valence-electron chi connectivity index (χ3n) is 5.32. The summed E-state index contributed by atoms with van der Waals surface area (Å²) in [7, 11) is 1.66. The highest BCUT2D eigenvalue weighted by Crippen LogP contribution is 2.27. The van der Waals surface area contributed by atoms with Gasteiger partial charge in [0.2, 0.25) is 0 Å². The Bertz CT molecular complexity index is 965. The second kappa shape index (κ2) is 8.40. The summed E-state index contributed by atoms with van der Waals surface area (Å²) in [6.07, 6.45) is 2.82. The predicted molar refractivity (Wildman–Crippen MR) is 114 cm³/mol. The van der Waals surface area contributed by atoms with E-state index in [4.69, 9.17) is 4.98 Å². The quantitative estimate of drug-likeness (QED) is 0.641. The van der Waals surface area contributed by atoms with Crippen LogP contribution in [0.4, 0.5) is 5.69 Å². The largest absolute Gasteiger partial charge is 0.382 e. The van der Waals surface area contributed by atoms with E-state index >= 15 is 0 Å². The Kier molecular flexibility index (Phi) is 5.53. The van der Waals surface area contributed by atoms with Crippen LogP contribution in [0.2, 0.25) is 0 Å². The zero-order valence-electron chi connectivity index (χ0n) is 16.2. The first kappa shape index (κ1) is 18.4. The van der Waals surface area contributed by atoms with Crippen LogP contribution in [-0.2, 0) is 6.42 Å². The van der Waals surface area contributed by atoms with E-state index in [2.05, 4.69) is 34.1 Å². The number of fused-ring (bicyclic) bond motifs is 1. The van der Waals surface area contributed by atoms with Crippen LogP contribution in [0.15, 0.2) is 54.6 Å². The van der Waals surface area contributed by atoms with Gasteiger partial charge in [-0.1, -0.05) is 36.4 Å². The van der Waals surface area contributed by atoms with Gasteiger partial charge in [-0.15, -0.1) is 0 Å². The topological polar surface area (TPSA) is 66.1 Å². The zero-order chi connectivity index (χ0) is 19.3. The summed E-state index contributed by atoms with van der Waals surface area (Å²) in [6.45, 7) is 2.07. The van der Waals surface area contributed by atoms with E-state index in [1.54, 1.807) is 7.05 Å². The molecule has 5 nitrogen and oxygen atoms in total. The number of nitrogens with zero attached hydrogens (tertiary/aromatic N) is 1. The van der Waals surface area contributed by atoms with E-state index in [-0.39, 0.29) is 5.91 Å². The Labute approximate surface area is 165 Å². The highest BCUT2D eigenvalue weighted by atomic mass is 16.1. The fraction of sp³-hybridized carbons (Fsp3) is 0.304. The van der Waals surface area contributed by atoms with Gasteiger partial charge in [-0.25, -0.2) is 0 Å². The maximum atomic E-state index is 12.6. The van der Waals surface area contributed by atoms with E-state index in [9.17, 15) is 4.79 Å². The number of hydrogen-bond acceptors (Lipinski definition) is 4. The summed E-state index contributed by atoms with van der Waals surface area (Å²) in [4.78, 5) is 17.5. The molecule has 2 aromatic carbocycles. The molecule has 0 bridgehead atoms. The van der Waals surface area contributed by atoms with Crippen LogP contribution < -0.4 is 16.0 Å². The van der Waals surface area contributed by atoms with E-state index in [0.29, 0.717) is 18.0 Å². The summed E-state index contributed by atoms with van der Waals surface area (Å²) < 4.78 is 0. The molecule has 144 valence electrons. The van der Waals surface area contributed by atoms with Crippen molar-refractivity contribution in [2.75, 3.05) is 25.5 Å². The number of carbonyl (C=O) groups excluding carboxylic acids is 1. The molecular weight excluding hydrogens is 348 g/mol. The summed E-state index contributed by atoms with van der Waals surface area (Å²) in [6, 6.07) is 18.7. The molecule has 0 unspecified atom stereocenters. The molecule has 0 saturated carbocycles. The lowest BCUT2D eigenvalue weighted by molar-refractivity contribution is 0.0962. The van der Waals surface area contributed by atoms with Crippen molar-refractivity contribution >= 4 is 22.5 Å². The monoisotopic (exact) mass is 374 g/mol. The van der Waals surface area contributed by atoms with Crippen molar-refractivity contribution < 1.29 is 4.79 Å². The molecule has 0 radical (unpaired) electrons. The zero-order valence-corrected chi connectivity index (χ0v) is 16.2. The Morgan fingerprint density at radius 1 is 1.11 bits per heavy atom. The number of carbonyl (C=O) groups is 1. The van der Waals surface area contributed by atoms with E-state index < -0.39 is 0 Å². The van der Waals surface area contributed by atoms with Gasteiger partial charge >= 0.3 is 0 Å². The van der Waals surface area contributed by atoms with Crippen LogP contribution in [0.5, 0.6) is 0 Å². The summed E-state index contributed by atoms with van der Waals surface area (Å²) in [5.74, 6) is -0.1000. The molecule has 28 heavy (non-hydrogen) atoms. The number of benzene rings is 2. The molecule has 2 heterocycles. The number of anilines is 1. The lowest BCUT2D eigenvalue weighted by Crippen LogP contribution is -2.35. The highest BCUT2D eigenvalue weighted by molar-refractivity contribution is 6.01. The van der Waals surface area contributed by atoms with Crippen LogP contribution in [0.1, 0.15) is 34.5 Å². The normalized spacial score (nSPS) is 14.8. The molecule has 1 aliphatic rings. The van der Waals surface area contributed by atoms with Crippen LogP contribution in [0.3, 0.4) is 0 Å². The van der Waals surface area contributed by atoms with E-state index in [1.165, 1.54) is 0 Å². The second-order valence-electron chi connectivity index (χ2n) is 7.26. The van der Waals surface area contributed by atoms with Gasteiger partial charge in [0.15, 0.2) is 0 Å². The van der Waals surface area contributed by atoms with Gasteiger partial charge in [-0.3, -0.25) is 9.78 Å². The van der Waals surface area contributed by atoms with Crippen LogP contribution >= 0.6 is 0 Å². The van der Waals surface area contributed by atoms with Crippen molar-refractivity contribution in [2.24, 2.45) is 0 Å². The molecule has 0 spiro atoms. The highest BCUT2D eigenvalue weighted by Gasteiger charge is 2.17. The van der Waals surface area contributed by atoms with Gasteiger partial charge < -0.3 is 16.0 Å². The molecule has 3 N–H and O–H groups in total. The number of nitrogens with one attached hydrogen (secondary N) is 3. The third-order valence-corrected chi connectivity index (χ3v) is 5.32. The number of piperidine rings is 1. The Balaban J connectivity index is 1.74. The minimum absolute atomic E-state index is 0.1000. The number of amides is 1. The number of aromatic nitrogens is 1. The van der Waals surface area contributed by atoms with Crippen molar-refractivity contribution in [3.8, 4) is 0 Å². The van der Waals surface area contributed by atoms with Crippen LogP contribution in [0.25, 0.3) is 10.9 Å². The van der Waals surface area contributed by atoms with Crippen molar-refractivity contribution in [1.29, 1.82) is 0 Å². The lowest BCUT2D eigenvalue weighted by Gasteiger charge is -2.25. The summed E-state index contributed by atoms with van der Waals surface area (Å²) in [5.41, 5.74) is 4.55. The minimum atomic E-state index is -0.1000. The standard InChI is InChI=1S/C23H26N4O/c1-24-23(28)19-15-18-20(26-17-10-12-25-13-11-17)8-5-9-21(18)27-22(19)14-16-6-3-2-4-7-16/h2-9,15,17,25-26H,10-14H2,1H3,(H,24,28). The molecule has 1 aromatic heterocycles. The molecule has 1 fully saturated rings. The van der Waals surface area contributed by atoms with Crippen LogP contribution in [0, 0.1) is 0 Å². The number of hydrogen-bond donors (Lipinski definition) is 3. The van der Waals surface area contributed by atoms with Gasteiger partial charge in [-0.2, -0.15) is 0 Å². The number of pyridine rings is 1. The first-order valence-electron chi connectivity index (χ1n) is 9.90. The third kappa shape index (κ3) is 3.99. The van der Waals surface area contributed by atoms with Gasteiger partial charge in [0.25, 0.3) is 5.91 Å². The summed E-state index contributed by atoms with van der Waals surface area (Å²) in [5, 5.41) is 10.8. The molecule has 3 aromatic rings. The molecule has 1 amide bonds. The average Bonchev–Trinajstić information content (AvgIpc) is 2.74. The van der Waals surface area contributed by atoms with Gasteiger partial charge in [0.05, 0.1) is 16.8 Å². The first-order valence-corrected chi connectivity index (χ1v) is 9.90. The van der Waals surface area contributed by atoms with Crippen molar-refractivity contribution in [3.63, 3.8) is 0 Å². The molecule has 5 heteroatoms. The maximum Gasteiger partial charge on any atom is 0.252 e. The molecule has 1 saturated heterocycles. The maximum absolute atomic E-state index is 12.6. The minimum Gasteiger partial charge on any atom is -0.382 e. The predicted octanol–water partition coefficient (Wildman–Crippen LogP) is 3.35.